The van der Waals surface area contributed by atoms with Crippen LogP contribution in [0.15, 0.2) is 0 Å². The molecule has 0 heterocycles. The fraction of sp³-hybridized carbons (Fsp3) is 0.857. The van der Waals surface area contributed by atoms with Crippen molar-refractivity contribution in [2.24, 2.45) is 0 Å². The Morgan fingerprint density at radius 3 is 2.23 bits per heavy atom. The highest BCUT2D eigenvalue weighted by Crippen LogP contribution is 2.34. The van der Waals surface area contributed by atoms with Crippen molar-refractivity contribution in [3.8, 4) is 0 Å². The Labute approximate surface area is 97.4 Å². The second kappa shape index (κ2) is 5.50. The molecule has 0 bridgehead atoms. The van der Waals surface area contributed by atoms with E-state index >= 15 is 0 Å². The molecule has 0 aromatic carbocycles. The smallest absolute Gasteiger partial charge is 0.343 e. The molecule has 0 saturated carbocycles. The van der Waals surface area contributed by atoms with Crippen LogP contribution in [0.1, 0.15) is 13.3 Å². The van der Waals surface area contributed by atoms with Gasteiger partial charge in [-0.3, -0.25) is 0 Å². The molecule has 0 spiro atoms. The molecule has 13 heavy (non-hydrogen) atoms. The zero-order valence-corrected chi connectivity index (χ0v) is 10.2. The number of esters is 1. The Bertz CT molecular complexity index is 181. The number of ether oxygens (including phenoxy) is 1. The first-order valence-electron chi connectivity index (χ1n) is 3.56. The first-order chi connectivity index (χ1) is 5.82. The summed E-state index contributed by atoms with van der Waals surface area (Å²) in [6.45, 7) is 1.73. The summed E-state index contributed by atoms with van der Waals surface area (Å²) in [4.78, 5) is 11.0. The molecule has 0 N–H and O–H groups in total. The van der Waals surface area contributed by atoms with E-state index in [1.54, 1.807) is 6.92 Å². The molecule has 0 fully saturated rings. The van der Waals surface area contributed by atoms with E-state index in [0.717, 1.165) is 0 Å². The third kappa shape index (κ3) is 4.11. The minimum atomic E-state index is -1.74. The molecule has 0 rings (SSSR count). The Morgan fingerprint density at radius 2 is 1.92 bits per heavy atom. The van der Waals surface area contributed by atoms with Crippen LogP contribution in [0.2, 0.25) is 0 Å². The van der Waals surface area contributed by atoms with Gasteiger partial charge in [-0.15, -0.1) is 23.2 Å². The van der Waals surface area contributed by atoms with Crippen LogP contribution in [0.5, 0.6) is 0 Å². The fourth-order valence-corrected chi connectivity index (χ4v) is 1.66. The van der Waals surface area contributed by atoms with E-state index in [4.69, 9.17) is 46.4 Å². The number of carbonyl (C=O) groups is 1. The minimum Gasteiger partial charge on any atom is -0.467 e. The molecule has 0 saturated heterocycles. The van der Waals surface area contributed by atoms with Gasteiger partial charge in [-0.2, -0.15) is 0 Å². The number of methoxy groups -OCH3 is 1. The van der Waals surface area contributed by atoms with E-state index in [2.05, 4.69) is 4.74 Å². The van der Waals surface area contributed by atoms with Gasteiger partial charge in [0.1, 0.15) is 0 Å². The Balaban J connectivity index is 4.35. The SMILES string of the molecule is COC(=O)C(Cl)(Cl)C(Cl)CC(C)Cl. The van der Waals surface area contributed by atoms with Gasteiger partial charge in [0, 0.05) is 5.38 Å². The number of rotatable bonds is 4. The molecule has 78 valence electrons. The maximum Gasteiger partial charge on any atom is 0.343 e. The summed E-state index contributed by atoms with van der Waals surface area (Å²) in [7, 11) is 1.19. The summed E-state index contributed by atoms with van der Waals surface area (Å²) < 4.78 is 2.65. The zero-order chi connectivity index (χ0) is 10.6. The number of hydrogen-bond donors (Lipinski definition) is 0. The van der Waals surface area contributed by atoms with Gasteiger partial charge in [0.05, 0.1) is 12.5 Å². The van der Waals surface area contributed by atoms with Crippen LogP contribution in [0, 0.1) is 0 Å². The van der Waals surface area contributed by atoms with Gasteiger partial charge in [0.15, 0.2) is 0 Å². The maximum atomic E-state index is 11.0. The number of halogens is 4. The molecule has 0 aliphatic rings. The molecule has 0 aliphatic heterocycles. The first-order valence-corrected chi connectivity index (χ1v) is 5.19. The van der Waals surface area contributed by atoms with Crippen LogP contribution in [0.25, 0.3) is 0 Å². The van der Waals surface area contributed by atoms with Crippen LogP contribution in [0.3, 0.4) is 0 Å². The quantitative estimate of drug-likeness (QED) is 0.578. The molecule has 0 radical (unpaired) electrons. The molecule has 0 aromatic heterocycles. The summed E-state index contributed by atoms with van der Waals surface area (Å²) >= 11 is 22.8. The van der Waals surface area contributed by atoms with Crippen molar-refractivity contribution in [2.45, 2.75) is 28.4 Å². The van der Waals surface area contributed by atoms with Crippen LogP contribution in [-0.2, 0) is 9.53 Å². The summed E-state index contributed by atoms with van der Waals surface area (Å²) in [6, 6.07) is 0. The average Bonchev–Trinajstić information content (AvgIpc) is 2.01. The highest BCUT2D eigenvalue weighted by molar-refractivity contribution is 6.60. The van der Waals surface area contributed by atoms with Gasteiger partial charge in [-0.1, -0.05) is 23.2 Å². The fourth-order valence-electron chi connectivity index (χ4n) is 0.697. The van der Waals surface area contributed by atoms with Crippen molar-refractivity contribution >= 4 is 52.4 Å². The topological polar surface area (TPSA) is 26.3 Å². The predicted octanol–water partition coefficient (Wildman–Crippen LogP) is 2.96. The number of carbonyl (C=O) groups excluding carboxylic acids is 1. The first kappa shape index (κ1) is 13.6. The summed E-state index contributed by atoms with van der Waals surface area (Å²) in [6.07, 6.45) is 0.325. The van der Waals surface area contributed by atoms with Crippen LogP contribution in [-0.4, -0.2) is 28.2 Å². The Kier molecular flexibility index (Phi) is 5.76. The van der Waals surface area contributed by atoms with Crippen molar-refractivity contribution in [3.63, 3.8) is 0 Å². The lowest BCUT2D eigenvalue weighted by atomic mass is 10.2. The number of alkyl halides is 4. The normalized spacial score (nSPS) is 16.5. The lowest BCUT2D eigenvalue weighted by Crippen LogP contribution is -2.38. The van der Waals surface area contributed by atoms with Gasteiger partial charge in [-0.25, -0.2) is 4.79 Å². The second-order valence-electron chi connectivity index (χ2n) is 2.60. The van der Waals surface area contributed by atoms with Gasteiger partial charge in [0.25, 0.3) is 0 Å². The summed E-state index contributed by atoms with van der Waals surface area (Å²) in [5.74, 6) is -0.770. The van der Waals surface area contributed by atoms with Gasteiger partial charge >= 0.3 is 5.97 Å². The second-order valence-corrected chi connectivity index (χ2v) is 5.26. The van der Waals surface area contributed by atoms with E-state index in [0.29, 0.717) is 6.42 Å². The van der Waals surface area contributed by atoms with Crippen molar-refractivity contribution in [1.82, 2.24) is 0 Å². The van der Waals surface area contributed by atoms with Gasteiger partial charge < -0.3 is 4.74 Å². The lowest BCUT2D eigenvalue weighted by Gasteiger charge is -2.22. The lowest BCUT2D eigenvalue weighted by molar-refractivity contribution is -0.141. The van der Waals surface area contributed by atoms with Crippen LogP contribution < -0.4 is 0 Å². The van der Waals surface area contributed by atoms with E-state index in [1.807, 2.05) is 0 Å². The number of hydrogen-bond acceptors (Lipinski definition) is 2. The largest absolute Gasteiger partial charge is 0.467 e. The highest BCUT2D eigenvalue weighted by atomic mass is 35.5. The predicted molar refractivity (Wildman–Crippen MR) is 56.0 cm³/mol. The van der Waals surface area contributed by atoms with Crippen LogP contribution in [0.4, 0.5) is 0 Å². The molecule has 0 amide bonds. The van der Waals surface area contributed by atoms with E-state index in [-0.39, 0.29) is 5.38 Å². The van der Waals surface area contributed by atoms with E-state index in [1.165, 1.54) is 7.11 Å². The van der Waals surface area contributed by atoms with Crippen molar-refractivity contribution in [2.75, 3.05) is 7.11 Å². The van der Waals surface area contributed by atoms with Crippen molar-refractivity contribution in [1.29, 1.82) is 0 Å². The summed E-state index contributed by atoms with van der Waals surface area (Å²) in [5.41, 5.74) is 0. The molecule has 0 aliphatic carbocycles. The monoisotopic (exact) mass is 266 g/mol. The third-order valence-corrected chi connectivity index (χ3v) is 3.13. The highest BCUT2D eigenvalue weighted by Gasteiger charge is 2.43. The summed E-state index contributed by atoms with van der Waals surface area (Å²) in [5, 5.41) is -0.972. The zero-order valence-electron chi connectivity index (χ0n) is 7.19. The molecule has 0 aromatic rings. The molecule has 2 atom stereocenters. The average molecular weight is 268 g/mol. The van der Waals surface area contributed by atoms with Gasteiger partial charge in [0.2, 0.25) is 4.33 Å². The van der Waals surface area contributed by atoms with Crippen LogP contribution >= 0.6 is 46.4 Å². The minimum absolute atomic E-state index is 0.205. The van der Waals surface area contributed by atoms with Gasteiger partial charge in [-0.05, 0) is 13.3 Å². The van der Waals surface area contributed by atoms with Crippen molar-refractivity contribution < 1.29 is 9.53 Å². The van der Waals surface area contributed by atoms with Crippen molar-refractivity contribution in [3.05, 3.63) is 0 Å². The third-order valence-electron chi connectivity index (χ3n) is 1.38. The molecule has 2 nitrogen and oxygen atoms in total. The maximum absolute atomic E-state index is 11.0. The molecule has 2 unspecified atom stereocenters. The van der Waals surface area contributed by atoms with E-state index in [9.17, 15) is 4.79 Å². The molecule has 6 heteroatoms. The molecular weight excluding hydrogens is 258 g/mol. The Morgan fingerprint density at radius 1 is 1.46 bits per heavy atom. The van der Waals surface area contributed by atoms with E-state index < -0.39 is 15.7 Å². The standard InChI is InChI=1S/C7H10Cl4O2/c1-4(8)3-5(9)7(10,11)6(12)13-2/h4-5H,3H2,1-2H3. The molecular formula is C7H10Cl4O2. The Hall–Kier alpha value is 0.630.